The van der Waals surface area contributed by atoms with E-state index in [1.54, 1.807) is 11.3 Å². The van der Waals surface area contributed by atoms with Gasteiger partial charge >= 0.3 is 0 Å². The van der Waals surface area contributed by atoms with Gasteiger partial charge in [0.05, 0.1) is 6.42 Å². The zero-order valence-corrected chi connectivity index (χ0v) is 14.5. The Morgan fingerprint density at radius 1 is 1.26 bits per heavy atom. The minimum Gasteiger partial charge on any atom is -0.345 e. The zero-order chi connectivity index (χ0) is 16.1. The van der Waals surface area contributed by atoms with Gasteiger partial charge in [-0.2, -0.15) is 0 Å². The van der Waals surface area contributed by atoms with Crippen LogP contribution in [0.2, 0.25) is 0 Å². The Morgan fingerprint density at radius 3 is 2.83 bits per heavy atom. The van der Waals surface area contributed by atoms with Crippen molar-refractivity contribution >= 4 is 17.2 Å². The minimum absolute atomic E-state index is 0.231. The Bertz CT molecular complexity index is 612. The third kappa shape index (κ3) is 4.66. The maximum absolute atomic E-state index is 12.3. The van der Waals surface area contributed by atoms with Crippen LogP contribution in [-0.4, -0.2) is 42.4 Å². The van der Waals surface area contributed by atoms with Crippen molar-refractivity contribution < 1.29 is 4.79 Å². The number of thiophene rings is 1. The Hall–Kier alpha value is -1.65. The van der Waals surface area contributed by atoms with Gasteiger partial charge in [0, 0.05) is 31.6 Å². The van der Waals surface area contributed by atoms with E-state index in [-0.39, 0.29) is 5.91 Å². The second-order valence-electron chi connectivity index (χ2n) is 6.41. The third-order valence-electron chi connectivity index (χ3n) is 4.48. The number of carbonyl (C=O) groups excluding carboxylic acids is 1. The molecular weight excluding hydrogens is 304 g/mol. The molecule has 2 heterocycles. The van der Waals surface area contributed by atoms with Crippen LogP contribution < -0.4 is 0 Å². The van der Waals surface area contributed by atoms with Crippen molar-refractivity contribution in [1.29, 1.82) is 0 Å². The molecule has 1 saturated heterocycles. The number of nitrogens with zero attached hydrogens (tertiary/aromatic N) is 2. The number of benzene rings is 1. The van der Waals surface area contributed by atoms with Gasteiger partial charge in [0.15, 0.2) is 0 Å². The van der Waals surface area contributed by atoms with Crippen LogP contribution in [0.3, 0.4) is 0 Å². The van der Waals surface area contributed by atoms with Gasteiger partial charge in [-0.3, -0.25) is 9.69 Å². The highest BCUT2D eigenvalue weighted by atomic mass is 32.1. The van der Waals surface area contributed by atoms with Crippen molar-refractivity contribution in [3.8, 4) is 0 Å². The molecule has 4 heteroatoms. The summed E-state index contributed by atoms with van der Waals surface area (Å²) in [6.07, 6.45) is 1.72. The van der Waals surface area contributed by atoms with Crippen LogP contribution in [0.4, 0.5) is 0 Å². The number of carbonyl (C=O) groups is 1. The molecule has 3 rings (SSSR count). The summed E-state index contributed by atoms with van der Waals surface area (Å²) in [6, 6.07) is 14.7. The molecule has 0 saturated carbocycles. The molecular formula is C19H24N2OS. The van der Waals surface area contributed by atoms with Crippen LogP contribution in [-0.2, 0) is 17.8 Å². The van der Waals surface area contributed by atoms with Gasteiger partial charge in [-0.05, 0) is 35.9 Å². The molecule has 0 radical (unpaired) electrons. The largest absolute Gasteiger partial charge is 0.345 e. The standard InChI is InChI=1S/C19H24N2OS/c1-20(19(22)12-18-8-5-11-23-18)13-17-9-10-21(15-17)14-16-6-3-2-4-7-16/h2-8,11,17H,9-10,12-15H2,1H3/t17-/m1/s1. The molecule has 1 aromatic carbocycles. The van der Waals surface area contributed by atoms with Gasteiger partial charge in [-0.15, -0.1) is 11.3 Å². The Morgan fingerprint density at radius 2 is 2.09 bits per heavy atom. The molecule has 1 aliphatic heterocycles. The van der Waals surface area contributed by atoms with Gasteiger partial charge in [0.25, 0.3) is 0 Å². The van der Waals surface area contributed by atoms with E-state index in [9.17, 15) is 4.79 Å². The predicted molar refractivity (Wildman–Crippen MR) is 95.5 cm³/mol. The van der Waals surface area contributed by atoms with Crippen molar-refractivity contribution in [1.82, 2.24) is 9.80 Å². The monoisotopic (exact) mass is 328 g/mol. The number of hydrogen-bond donors (Lipinski definition) is 0. The van der Waals surface area contributed by atoms with E-state index in [0.717, 1.165) is 31.1 Å². The highest BCUT2D eigenvalue weighted by Crippen LogP contribution is 2.20. The molecule has 0 aliphatic carbocycles. The van der Waals surface area contributed by atoms with Gasteiger partial charge < -0.3 is 4.90 Å². The summed E-state index contributed by atoms with van der Waals surface area (Å²) in [5.41, 5.74) is 1.37. The number of hydrogen-bond acceptors (Lipinski definition) is 3. The molecule has 0 bridgehead atoms. The van der Waals surface area contributed by atoms with Gasteiger partial charge in [0.2, 0.25) is 5.91 Å². The summed E-state index contributed by atoms with van der Waals surface area (Å²) >= 11 is 1.66. The van der Waals surface area contributed by atoms with Gasteiger partial charge in [0.1, 0.15) is 0 Å². The number of likely N-dealkylation sites (tertiary alicyclic amines) is 1. The summed E-state index contributed by atoms with van der Waals surface area (Å²) in [5.74, 6) is 0.824. The van der Waals surface area contributed by atoms with E-state index in [2.05, 4.69) is 35.2 Å². The van der Waals surface area contributed by atoms with Crippen LogP contribution in [0, 0.1) is 5.92 Å². The van der Waals surface area contributed by atoms with Crippen molar-refractivity contribution in [2.24, 2.45) is 5.92 Å². The number of amides is 1. The lowest BCUT2D eigenvalue weighted by Gasteiger charge is -2.22. The third-order valence-corrected chi connectivity index (χ3v) is 5.36. The number of likely N-dealkylation sites (N-methyl/N-ethyl adjacent to an activating group) is 1. The first-order valence-corrected chi connectivity index (χ1v) is 9.11. The lowest BCUT2D eigenvalue weighted by atomic mass is 10.1. The molecule has 1 aliphatic rings. The maximum Gasteiger partial charge on any atom is 0.227 e. The molecule has 0 N–H and O–H groups in total. The highest BCUT2D eigenvalue weighted by molar-refractivity contribution is 7.10. The minimum atomic E-state index is 0.231. The quantitative estimate of drug-likeness (QED) is 0.812. The second kappa shape index (κ2) is 7.75. The highest BCUT2D eigenvalue weighted by Gasteiger charge is 2.24. The van der Waals surface area contributed by atoms with E-state index in [1.165, 1.54) is 12.0 Å². The molecule has 0 unspecified atom stereocenters. The van der Waals surface area contributed by atoms with E-state index < -0.39 is 0 Å². The smallest absolute Gasteiger partial charge is 0.227 e. The summed E-state index contributed by atoms with van der Waals surface area (Å²) in [5, 5.41) is 2.03. The summed E-state index contributed by atoms with van der Waals surface area (Å²) < 4.78 is 0. The van der Waals surface area contributed by atoms with Crippen LogP contribution in [0.25, 0.3) is 0 Å². The van der Waals surface area contributed by atoms with Crippen LogP contribution in [0.15, 0.2) is 47.8 Å². The summed E-state index contributed by atoms with van der Waals surface area (Å²) in [6.45, 7) is 4.11. The van der Waals surface area contributed by atoms with Crippen LogP contribution in [0.1, 0.15) is 16.9 Å². The molecule has 1 amide bonds. The Balaban J connectivity index is 1.45. The molecule has 1 aromatic heterocycles. The number of rotatable bonds is 6. The first-order valence-electron chi connectivity index (χ1n) is 8.23. The van der Waals surface area contributed by atoms with Crippen molar-refractivity contribution in [2.45, 2.75) is 19.4 Å². The molecule has 0 spiro atoms. The Labute approximate surface area is 142 Å². The van der Waals surface area contributed by atoms with Crippen LogP contribution >= 0.6 is 11.3 Å². The van der Waals surface area contributed by atoms with E-state index >= 15 is 0 Å². The normalized spacial score (nSPS) is 18.2. The average Bonchev–Trinajstić information content (AvgIpc) is 3.20. The first-order chi connectivity index (χ1) is 11.2. The lowest BCUT2D eigenvalue weighted by molar-refractivity contribution is -0.129. The molecule has 2 aromatic rings. The van der Waals surface area contributed by atoms with E-state index in [4.69, 9.17) is 0 Å². The van der Waals surface area contributed by atoms with E-state index in [0.29, 0.717) is 12.3 Å². The van der Waals surface area contributed by atoms with E-state index in [1.807, 2.05) is 29.5 Å². The van der Waals surface area contributed by atoms with Gasteiger partial charge in [-0.1, -0.05) is 36.4 Å². The fourth-order valence-electron chi connectivity index (χ4n) is 3.23. The van der Waals surface area contributed by atoms with Crippen molar-refractivity contribution in [3.63, 3.8) is 0 Å². The topological polar surface area (TPSA) is 23.6 Å². The molecule has 1 fully saturated rings. The molecule has 23 heavy (non-hydrogen) atoms. The SMILES string of the molecule is CN(C[C@H]1CCN(Cc2ccccc2)C1)C(=O)Cc1cccs1. The molecule has 1 atom stereocenters. The van der Waals surface area contributed by atoms with Gasteiger partial charge in [-0.25, -0.2) is 0 Å². The fourth-order valence-corrected chi connectivity index (χ4v) is 3.93. The average molecular weight is 328 g/mol. The second-order valence-corrected chi connectivity index (χ2v) is 7.44. The fraction of sp³-hybridized carbons (Fsp3) is 0.421. The zero-order valence-electron chi connectivity index (χ0n) is 13.6. The van der Waals surface area contributed by atoms with Crippen molar-refractivity contribution in [3.05, 3.63) is 58.3 Å². The summed E-state index contributed by atoms with van der Waals surface area (Å²) in [7, 11) is 1.94. The molecule has 122 valence electrons. The maximum atomic E-state index is 12.3. The summed E-state index contributed by atoms with van der Waals surface area (Å²) in [4.78, 5) is 17.9. The van der Waals surface area contributed by atoms with Crippen molar-refractivity contribution in [2.75, 3.05) is 26.7 Å². The Kier molecular flexibility index (Phi) is 5.47. The lowest BCUT2D eigenvalue weighted by Crippen LogP contribution is -2.34. The molecule has 3 nitrogen and oxygen atoms in total. The van der Waals surface area contributed by atoms with Crippen LogP contribution in [0.5, 0.6) is 0 Å². The first kappa shape index (κ1) is 16.2. The predicted octanol–water partition coefficient (Wildman–Crippen LogP) is 3.27.